The van der Waals surface area contributed by atoms with Gasteiger partial charge in [-0.1, -0.05) is 44.1 Å². The van der Waals surface area contributed by atoms with Crippen LogP contribution in [0.3, 0.4) is 0 Å². The van der Waals surface area contributed by atoms with Gasteiger partial charge in [0, 0.05) is 5.41 Å². The van der Waals surface area contributed by atoms with Crippen LogP contribution >= 0.6 is 0 Å². The Bertz CT molecular complexity index is 443. The first kappa shape index (κ1) is 10.1. The van der Waals surface area contributed by atoms with Crippen molar-refractivity contribution in [1.29, 1.82) is 0 Å². The maximum absolute atomic E-state index is 2.46. The van der Waals surface area contributed by atoms with Crippen molar-refractivity contribution >= 4 is 0 Å². The quantitative estimate of drug-likeness (QED) is 0.635. The predicted molar refractivity (Wildman–Crippen MR) is 69.2 cm³/mol. The van der Waals surface area contributed by atoms with Crippen LogP contribution in [0.5, 0.6) is 0 Å². The van der Waals surface area contributed by atoms with E-state index in [4.69, 9.17) is 0 Å². The van der Waals surface area contributed by atoms with Crippen molar-refractivity contribution in [2.75, 3.05) is 0 Å². The Hall–Kier alpha value is -1.04. The van der Waals surface area contributed by atoms with E-state index in [2.05, 4.69) is 38.2 Å². The summed E-state index contributed by atoms with van der Waals surface area (Å²) in [4.78, 5) is 0. The first-order valence-corrected chi connectivity index (χ1v) is 6.59. The average Bonchev–Trinajstić information content (AvgIpc) is 2.68. The zero-order valence-corrected chi connectivity index (χ0v) is 10.3. The lowest BCUT2D eigenvalue weighted by Gasteiger charge is -2.51. The van der Waals surface area contributed by atoms with Gasteiger partial charge in [-0.2, -0.15) is 0 Å². The number of fused-ring (bicyclic) bond motifs is 4. The fourth-order valence-corrected chi connectivity index (χ4v) is 3.70. The molecule has 0 aliphatic heterocycles. The van der Waals surface area contributed by atoms with E-state index in [1.165, 1.54) is 31.3 Å². The molecule has 0 aromatic heterocycles. The zero-order valence-electron chi connectivity index (χ0n) is 10.3. The van der Waals surface area contributed by atoms with Crippen LogP contribution in [-0.4, -0.2) is 0 Å². The zero-order chi connectivity index (χ0) is 11.2. The van der Waals surface area contributed by atoms with Gasteiger partial charge in [-0.05, 0) is 48.5 Å². The highest BCUT2D eigenvalue weighted by molar-refractivity contribution is 5.72. The van der Waals surface area contributed by atoms with Gasteiger partial charge in [-0.3, -0.25) is 0 Å². The summed E-state index contributed by atoms with van der Waals surface area (Å²) in [5.74, 6) is 0. The molecule has 0 heteroatoms. The van der Waals surface area contributed by atoms with Gasteiger partial charge in [0.25, 0.3) is 0 Å². The van der Waals surface area contributed by atoms with E-state index in [0.29, 0.717) is 5.41 Å². The summed E-state index contributed by atoms with van der Waals surface area (Å²) in [5, 5.41) is 0. The third-order valence-electron chi connectivity index (χ3n) is 4.38. The lowest BCUT2D eigenvalue weighted by Crippen LogP contribution is -2.38. The summed E-state index contributed by atoms with van der Waals surface area (Å²) in [6, 6.07) is 0. The molecular weight excluding hydrogens is 192 g/mol. The number of allylic oxidation sites excluding steroid dienone is 8. The van der Waals surface area contributed by atoms with Gasteiger partial charge in [-0.15, -0.1) is 0 Å². The van der Waals surface area contributed by atoms with Crippen molar-refractivity contribution < 1.29 is 0 Å². The predicted octanol–water partition coefficient (Wildman–Crippen LogP) is 4.71. The lowest BCUT2D eigenvalue weighted by atomic mass is 9.52. The Labute approximate surface area is 98.4 Å². The molecule has 3 rings (SSSR count). The van der Waals surface area contributed by atoms with E-state index in [9.17, 15) is 0 Å². The van der Waals surface area contributed by atoms with Crippen LogP contribution < -0.4 is 0 Å². The summed E-state index contributed by atoms with van der Waals surface area (Å²) >= 11 is 0. The average molecular weight is 212 g/mol. The molecular formula is C16H20. The summed E-state index contributed by atoms with van der Waals surface area (Å²) < 4.78 is 0. The molecule has 3 aliphatic carbocycles. The first-order valence-electron chi connectivity index (χ1n) is 6.59. The molecule has 0 heterocycles. The summed E-state index contributed by atoms with van der Waals surface area (Å²) in [6.45, 7) is 4.58. The molecule has 0 nitrogen and oxygen atoms in total. The Morgan fingerprint density at radius 2 is 2.19 bits per heavy atom. The second-order valence-electron chi connectivity index (χ2n) is 5.32. The Morgan fingerprint density at radius 3 is 3.00 bits per heavy atom. The number of hydrogen-bond acceptors (Lipinski definition) is 0. The van der Waals surface area contributed by atoms with E-state index in [0.717, 1.165) is 6.42 Å². The lowest BCUT2D eigenvalue weighted by molar-refractivity contribution is 0.350. The minimum Gasteiger partial charge on any atom is -0.0830 e. The fourth-order valence-electron chi connectivity index (χ4n) is 3.70. The molecule has 1 fully saturated rings. The molecule has 0 bridgehead atoms. The second kappa shape index (κ2) is 3.48. The summed E-state index contributed by atoms with van der Waals surface area (Å²) in [5.41, 5.74) is 6.86. The smallest absolute Gasteiger partial charge is 0.0248 e. The molecule has 0 saturated heterocycles. The molecule has 0 aromatic carbocycles. The van der Waals surface area contributed by atoms with Crippen LogP contribution in [0.15, 0.2) is 46.6 Å². The van der Waals surface area contributed by atoms with Crippen molar-refractivity contribution in [1.82, 2.24) is 0 Å². The topological polar surface area (TPSA) is 0 Å². The summed E-state index contributed by atoms with van der Waals surface area (Å²) in [6.07, 6.45) is 16.0. The van der Waals surface area contributed by atoms with E-state index in [-0.39, 0.29) is 0 Å². The fraction of sp³-hybridized carbons (Fsp3) is 0.500. The van der Waals surface area contributed by atoms with Crippen LogP contribution in [0.1, 0.15) is 46.0 Å². The van der Waals surface area contributed by atoms with Gasteiger partial charge >= 0.3 is 0 Å². The van der Waals surface area contributed by atoms with E-state index in [1.54, 1.807) is 16.7 Å². The van der Waals surface area contributed by atoms with Crippen molar-refractivity contribution in [3.05, 3.63) is 46.6 Å². The normalized spacial score (nSPS) is 30.6. The highest BCUT2D eigenvalue weighted by Gasteiger charge is 2.51. The van der Waals surface area contributed by atoms with Gasteiger partial charge in [-0.25, -0.2) is 0 Å². The Kier molecular flexibility index (Phi) is 2.20. The third kappa shape index (κ3) is 1.10. The molecule has 1 unspecified atom stereocenters. The maximum atomic E-state index is 2.46. The van der Waals surface area contributed by atoms with Gasteiger partial charge in [0.05, 0.1) is 0 Å². The Morgan fingerprint density at radius 1 is 1.31 bits per heavy atom. The number of unbranched alkanes of at least 4 members (excludes halogenated alkanes) is 1. The molecule has 0 N–H and O–H groups in total. The molecule has 0 aromatic rings. The second-order valence-corrected chi connectivity index (χ2v) is 5.32. The van der Waals surface area contributed by atoms with Gasteiger partial charge in [0.2, 0.25) is 0 Å². The van der Waals surface area contributed by atoms with Crippen molar-refractivity contribution in [3.8, 4) is 0 Å². The van der Waals surface area contributed by atoms with Crippen molar-refractivity contribution in [2.45, 2.75) is 46.0 Å². The number of rotatable bonds is 3. The van der Waals surface area contributed by atoms with Gasteiger partial charge in [0.1, 0.15) is 0 Å². The van der Waals surface area contributed by atoms with Crippen LogP contribution in [0.2, 0.25) is 0 Å². The van der Waals surface area contributed by atoms with Crippen LogP contribution in [0.25, 0.3) is 0 Å². The SMILES string of the molecule is CCCCC12CC=CC(C)=C1C1=CCC=C12. The molecule has 0 spiro atoms. The molecule has 1 saturated carbocycles. The minimum atomic E-state index is 0.428. The molecule has 3 aliphatic rings. The van der Waals surface area contributed by atoms with Gasteiger partial charge in [0.15, 0.2) is 0 Å². The van der Waals surface area contributed by atoms with E-state index < -0.39 is 0 Å². The van der Waals surface area contributed by atoms with E-state index in [1.807, 2.05) is 0 Å². The summed E-state index contributed by atoms with van der Waals surface area (Å²) in [7, 11) is 0. The van der Waals surface area contributed by atoms with Crippen LogP contribution in [0.4, 0.5) is 0 Å². The monoisotopic (exact) mass is 212 g/mol. The molecule has 16 heavy (non-hydrogen) atoms. The molecule has 84 valence electrons. The van der Waals surface area contributed by atoms with E-state index >= 15 is 0 Å². The standard InChI is InChI=1S/C16H20/c1-3-4-10-16-11-6-7-12(2)15(16)13-8-5-9-14(13)16/h6-9H,3-5,10-11H2,1-2H3. The van der Waals surface area contributed by atoms with Gasteiger partial charge < -0.3 is 0 Å². The highest BCUT2D eigenvalue weighted by atomic mass is 14.5. The van der Waals surface area contributed by atoms with Crippen molar-refractivity contribution in [3.63, 3.8) is 0 Å². The first-order chi connectivity index (χ1) is 7.79. The minimum absolute atomic E-state index is 0.428. The highest BCUT2D eigenvalue weighted by Crippen LogP contribution is 2.64. The molecule has 0 amide bonds. The van der Waals surface area contributed by atoms with Crippen molar-refractivity contribution in [2.24, 2.45) is 5.41 Å². The largest absolute Gasteiger partial charge is 0.0830 e. The molecule has 1 atom stereocenters. The van der Waals surface area contributed by atoms with Crippen LogP contribution in [-0.2, 0) is 0 Å². The van der Waals surface area contributed by atoms with Crippen LogP contribution in [0, 0.1) is 5.41 Å². The third-order valence-corrected chi connectivity index (χ3v) is 4.38. The number of hydrogen-bond donors (Lipinski definition) is 0. The molecule has 0 radical (unpaired) electrons. The maximum Gasteiger partial charge on any atom is 0.0248 e. The Balaban J connectivity index is 2.03.